The Balaban J connectivity index is 1.57. The van der Waals surface area contributed by atoms with Crippen LogP contribution in [0.15, 0.2) is 54.6 Å². The molecule has 5 nitrogen and oxygen atoms in total. The molecule has 2 heterocycles. The third-order valence-electron chi connectivity index (χ3n) is 6.16. The third kappa shape index (κ3) is 3.74. The van der Waals surface area contributed by atoms with Crippen LogP contribution in [0.1, 0.15) is 28.5 Å². The summed E-state index contributed by atoms with van der Waals surface area (Å²) in [5.41, 5.74) is 2.93. The maximum absolute atomic E-state index is 14.3. The van der Waals surface area contributed by atoms with E-state index in [9.17, 15) is 14.0 Å². The zero-order valence-electron chi connectivity index (χ0n) is 18.1. The average molecular weight is 465 g/mol. The van der Waals surface area contributed by atoms with Gasteiger partial charge in [0.15, 0.2) is 0 Å². The second-order valence-electron chi connectivity index (χ2n) is 8.10. The lowest BCUT2D eigenvalue weighted by Crippen LogP contribution is -2.36. The minimum Gasteiger partial charge on any atom is -0.465 e. The van der Waals surface area contributed by atoms with Crippen molar-refractivity contribution in [3.63, 3.8) is 0 Å². The molecule has 168 valence electrons. The number of benzene rings is 3. The summed E-state index contributed by atoms with van der Waals surface area (Å²) < 4.78 is 21.2. The van der Waals surface area contributed by atoms with Crippen LogP contribution >= 0.6 is 11.6 Å². The van der Waals surface area contributed by atoms with E-state index in [1.807, 2.05) is 47.0 Å². The Morgan fingerprint density at radius 2 is 1.88 bits per heavy atom. The number of hydrogen-bond acceptors (Lipinski definition) is 3. The van der Waals surface area contributed by atoms with Gasteiger partial charge in [0.2, 0.25) is 0 Å². The van der Waals surface area contributed by atoms with E-state index in [4.69, 9.17) is 16.3 Å². The molecule has 1 aliphatic heterocycles. The van der Waals surface area contributed by atoms with Crippen molar-refractivity contribution >= 4 is 45.2 Å². The van der Waals surface area contributed by atoms with Gasteiger partial charge in [0.05, 0.1) is 17.1 Å². The van der Waals surface area contributed by atoms with E-state index in [0.717, 1.165) is 22.0 Å². The van der Waals surface area contributed by atoms with Gasteiger partial charge in [0, 0.05) is 41.7 Å². The fourth-order valence-corrected chi connectivity index (χ4v) is 5.07. The molecule has 3 aromatic carbocycles. The quantitative estimate of drug-likeness (QED) is 0.383. The molecule has 0 saturated heterocycles. The first kappa shape index (κ1) is 21.5. The number of amides is 1. The maximum atomic E-state index is 14.3. The van der Waals surface area contributed by atoms with E-state index in [1.54, 1.807) is 11.8 Å². The molecule has 33 heavy (non-hydrogen) atoms. The molecule has 0 aliphatic carbocycles. The van der Waals surface area contributed by atoms with Crippen molar-refractivity contribution in [1.82, 2.24) is 9.47 Å². The molecular weight excluding hydrogens is 443 g/mol. The molecule has 4 aromatic rings. The van der Waals surface area contributed by atoms with Gasteiger partial charge in [-0.15, -0.1) is 0 Å². The third-order valence-corrected chi connectivity index (χ3v) is 6.45. The zero-order chi connectivity index (χ0) is 23.1. The highest BCUT2D eigenvalue weighted by molar-refractivity contribution is 6.35. The van der Waals surface area contributed by atoms with Crippen LogP contribution in [0.3, 0.4) is 0 Å². The summed E-state index contributed by atoms with van der Waals surface area (Å²) in [4.78, 5) is 27.6. The Bertz CT molecular complexity index is 1410. The predicted octanol–water partition coefficient (Wildman–Crippen LogP) is 5.35. The largest absolute Gasteiger partial charge is 0.465 e. The average Bonchev–Trinajstić information content (AvgIpc) is 3.11. The van der Waals surface area contributed by atoms with E-state index in [1.165, 1.54) is 12.1 Å². The Labute approximate surface area is 195 Å². The topological polar surface area (TPSA) is 51.5 Å². The highest BCUT2D eigenvalue weighted by atomic mass is 35.5. The predicted molar refractivity (Wildman–Crippen MR) is 126 cm³/mol. The normalized spacial score (nSPS) is 13.4. The summed E-state index contributed by atoms with van der Waals surface area (Å²) in [7, 11) is 0. The Morgan fingerprint density at radius 1 is 1.09 bits per heavy atom. The monoisotopic (exact) mass is 464 g/mol. The number of carbonyl (C=O) groups is 2. The van der Waals surface area contributed by atoms with Crippen LogP contribution in [0.2, 0.25) is 5.02 Å². The van der Waals surface area contributed by atoms with E-state index in [-0.39, 0.29) is 30.1 Å². The van der Waals surface area contributed by atoms with Gasteiger partial charge < -0.3 is 14.2 Å². The number of fused-ring (bicyclic) bond motifs is 4. The molecule has 0 saturated carbocycles. The first-order chi connectivity index (χ1) is 16.0. The highest BCUT2D eigenvalue weighted by Crippen LogP contribution is 2.36. The van der Waals surface area contributed by atoms with Crippen LogP contribution in [0.25, 0.3) is 21.7 Å². The Morgan fingerprint density at radius 3 is 2.70 bits per heavy atom. The number of nitrogens with zero attached hydrogens (tertiary/aromatic N) is 2. The molecule has 1 aliphatic rings. The molecule has 0 spiro atoms. The summed E-state index contributed by atoms with van der Waals surface area (Å²) in [6.07, 6.45) is 0.526. The highest BCUT2D eigenvalue weighted by Gasteiger charge is 2.29. The fraction of sp³-hybridized carbons (Fsp3) is 0.231. The van der Waals surface area contributed by atoms with Crippen LogP contribution < -0.4 is 0 Å². The Kier molecular flexibility index (Phi) is 5.54. The molecular formula is C26H22ClFN2O3. The van der Waals surface area contributed by atoms with Gasteiger partial charge in [-0.1, -0.05) is 48.0 Å². The number of carbonyl (C=O) groups excluding carboxylic acids is 2. The van der Waals surface area contributed by atoms with Crippen molar-refractivity contribution in [2.45, 2.75) is 26.4 Å². The van der Waals surface area contributed by atoms with Gasteiger partial charge in [-0.05, 0) is 35.9 Å². The van der Waals surface area contributed by atoms with Crippen molar-refractivity contribution < 1.29 is 18.7 Å². The second kappa shape index (κ2) is 8.52. The summed E-state index contributed by atoms with van der Waals surface area (Å²) >= 11 is 6.41. The van der Waals surface area contributed by atoms with Gasteiger partial charge in [-0.3, -0.25) is 9.59 Å². The van der Waals surface area contributed by atoms with Gasteiger partial charge >= 0.3 is 5.97 Å². The lowest BCUT2D eigenvalue weighted by molar-refractivity contribution is -0.143. The number of esters is 1. The second-order valence-corrected chi connectivity index (χ2v) is 8.51. The summed E-state index contributed by atoms with van der Waals surface area (Å²) in [5, 5.41) is 2.75. The summed E-state index contributed by atoms with van der Waals surface area (Å²) in [6, 6.07) is 16.2. The molecule has 1 amide bonds. The summed E-state index contributed by atoms with van der Waals surface area (Å²) in [6.45, 7) is 2.80. The molecule has 1 aromatic heterocycles. The minimum absolute atomic E-state index is 0.0116. The first-order valence-electron chi connectivity index (χ1n) is 10.9. The fourth-order valence-electron chi connectivity index (χ4n) is 4.76. The standard InChI is InChI=1S/C26H22ClFN2O3/c1-2-33-24(31)15-30-23-10-11-29(14-21(23)20-12-17(28)13-22(27)25(20)30)26(32)19-9-5-7-16-6-3-4-8-18(16)19/h3-9,12-13H,2,10-11,14-15H2,1H3. The van der Waals surface area contributed by atoms with Crippen LogP contribution in [0, 0.1) is 5.82 Å². The van der Waals surface area contributed by atoms with Gasteiger partial charge in [0.25, 0.3) is 5.91 Å². The van der Waals surface area contributed by atoms with Crippen molar-refractivity contribution in [2.24, 2.45) is 0 Å². The summed E-state index contributed by atoms with van der Waals surface area (Å²) in [5.74, 6) is -0.917. The van der Waals surface area contributed by atoms with Crippen molar-refractivity contribution in [2.75, 3.05) is 13.2 Å². The van der Waals surface area contributed by atoms with Crippen molar-refractivity contribution in [3.8, 4) is 0 Å². The lowest BCUT2D eigenvalue weighted by Gasteiger charge is -2.28. The molecule has 7 heteroatoms. The maximum Gasteiger partial charge on any atom is 0.325 e. The first-order valence-corrected chi connectivity index (χ1v) is 11.3. The van der Waals surface area contributed by atoms with Crippen LogP contribution in [0.4, 0.5) is 4.39 Å². The van der Waals surface area contributed by atoms with Crippen molar-refractivity contribution in [1.29, 1.82) is 0 Å². The van der Waals surface area contributed by atoms with Crippen LogP contribution in [-0.4, -0.2) is 34.5 Å². The van der Waals surface area contributed by atoms with E-state index in [0.29, 0.717) is 36.0 Å². The molecule has 0 fully saturated rings. The lowest BCUT2D eigenvalue weighted by atomic mass is 10.0. The smallest absolute Gasteiger partial charge is 0.325 e. The van der Waals surface area contributed by atoms with Crippen LogP contribution in [0.5, 0.6) is 0 Å². The minimum atomic E-state index is -0.457. The number of ether oxygens (including phenoxy) is 1. The van der Waals surface area contributed by atoms with Gasteiger partial charge in [-0.2, -0.15) is 0 Å². The van der Waals surface area contributed by atoms with Gasteiger partial charge in [0.1, 0.15) is 12.4 Å². The molecule has 0 radical (unpaired) electrons. The molecule has 0 atom stereocenters. The zero-order valence-corrected chi connectivity index (χ0v) is 18.9. The number of rotatable bonds is 4. The van der Waals surface area contributed by atoms with Gasteiger partial charge in [-0.25, -0.2) is 4.39 Å². The number of aromatic nitrogens is 1. The number of hydrogen-bond donors (Lipinski definition) is 0. The molecule has 0 unspecified atom stereocenters. The molecule has 0 N–H and O–H groups in total. The van der Waals surface area contributed by atoms with Crippen LogP contribution in [-0.2, 0) is 29.0 Å². The van der Waals surface area contributed by atoms with E-state index >= 15 is 0 Å². The number of halogens is 2. The van der Waals surface area contributed by atoms with E-state index < -0.39 is 5.82 Å². The Hall–Kier alpha value is -3.38. The van der Waals surface area contributed by atoms with E-state index in [2.05, 4.69) is 0 Å². The molecule has 0 bridgehead atoms. The SMILES string of the molecule is CCOC(=O)Cn1c2c(c3cc(F)cc(Cl)c31)CN(C(=O)c1cccc3ccccc13)CC2. The molecule has 5 rings (SSSR count). The van der Waals surface area contributed by atoms with Crippen molar-refractivity contribution in [3.05, 3.63) is 82.3 Å².